The van der Waals surface area contributed by atoms with Crippen molar-refractivity contribution in [2.45, 2.75) is 44.3 Å². The first-order chi connectivity index (χ1) is 17.6. The maximum atomic E-state index is 15.2. The van der Waals surface area contributed by atoms with Gasteiger partial charge in [-0.15, -0.1) is 0 Å². The molecule has 37 heavy (non-hydrogen) atoms. The number of nitrogens with one attached hydrogen (secondary N) is 2. The zero-order valence-corrected chi connectivity index (χ0v) is 21.9. The lowest BCUT2D eigenvalue weighted by molar-refractivity contribution is 0.0915. The van der Waals surface area contributed by atoms with Gasteiger partial charge in [0, 0.05) is 23.7 Å². The minimum absolute atomic E-state index is 0.0342. The smallest absolute Gasteiger partial charge is 0.251 e. The van der Waals surface area contributed by atoms with Gasteiger partial charge in [-0.25, -0.2) is 17.2 Å². The first-order valence-corrected chi connectivity index (χ1v) is 13.7. The van der Waals surface area contributed by atoms with Gasteiger partial charge in [-0.2, -0.15) is 0 Å². The Labute approximate surface area is 216 Å². The number of hydrogen-bond acceptors (Lipinski definition) is 5. The second kappa shape index (κ2) is 12.4. The lowest BCUT2D eigenvalue weighted by Gasteiger charge is -2.24. The highest BCUT2D eigenvalue weighted by Gasteiger charge is 2.22. The monoisotopic (exact) mass is 530 g/mol. The van der Waals surface area contributed by atoms with Crippen LogP contribution in [-0.2, 0) is 16.4 Å². The summed E-state index contributed by atoms with van der Waals surface area (Å²) in [6.07, 6.45) is 0. The highest BCUT2D eigenvalue weighted by atomic mass is 32.2. The van der Waals surface area contributed by atoms with Crippen LogP contribution in [0.15, 0.2) is 71.6 Å². The molecule has 3 aromatic carbocycles. The van der Waals surface area contributed by atoms with Crippen LogP contribution >= 0.6 is 0 Å². The number of halogens is 2. The van der Waals surface area contributed by atoms with Crippen LogP contribution in [0.3, 0.4) is 0 Å². The fourth-order valence-electron chi connectivity index (χ4n) is 4.01. The predicted octanol–water partition coefficient (Wildman–Crippen LogP) is 4.71. The minimum atomic E-state index is -3.37. The third kappa shape index (κ3) is 7.21. The van der Waals surface area contributed by atoms with Gasteiger partial charge in [0.15, 0.2) is 9.84 Å². The van der Waals surface area contributed by atoms with Crippen molar-refractivity contribution < 1.29 is 27.1 Å². The molecule has 3 rings (SSSR count). The Morgan fingerprint density at radius 2 is 1.62 bits per heavy atom. The first-order valence-electron chi connectivity index (χ1n) is 12.1. The van der Waals surface area contributed by atoms with Crippen LogP contribution in [0.2, 0.25) is 0 Å². The number of amides is 1. The Kier molecular flexibility index (Phi) is 9.53. The van der Waals surface area contributed by atoms with E-state index in [1.165, 1.54) is 42.5 Å². The number of rotatable bonds is 11. The predicted molar refractivity (Wildman–Crippen MR) is 139 cm³/mol. The second-order valence-electron chi connectivity index (χ2n) is 9.15. The summed E-state index contributed by atoms with van der Waals surface area (Å²) in [5.74, 6) is -1.45. The molecule has 0 heterocycles. The molecule has 6 nitrogen and oxygen atoms in total. The van der Waals surface area contributed by atoms with Gasteiger partial charge < -0.3 is 15.7 Å². The van der Waals surface area contributed by atoms with Gasteiger partial charge >= 0.3 is 0 Å². The van der Waals surface area contributed by atoms with E-state index in [1.54, 1.807) is 25.1 Å². The van der Waals surface area contributed by atoms with Crippen LogP contribution in [0.25, 0.3) is 0 Å². The molecule has 0 aliphatic carbocycles. The molecule has 0 fully saturated rings. The molecule has 3 aromatic rings. The largest absolute Gasteiger partial charge is 0.394 e. The molecule has 0 saturated heterocycles. The van der Waals surface area contributed by atoms with E-state index < -0.39 is 34.2 Å². The van der Waals surface area contributed by atoms with Gasteiger partial charge in [-0.1, -0.05) is 51.1 Å². The molecular weight excluding hydrogens is 498 g/mol. The topological polar surface area (TPSA) is 95.5 Å². The summed E-state index contributed by atoms with van der Waals surface area (Å²) in [5, 5.41) is 15.8. The van der Waals surface area contributed by atoms with Crippen LogP contribution in [0.4, 0.5) is 8.78 Å². The summed E-state index contributed by atoms with van der Waals surface area (Å²) < 4.78 is 52.4. The molecule has 9 heteroatoms. The van der Waals surface area contributed by atoms with Crippen LogP contribution in [0, 0.1) is 17.6 Å². The highest BCUT2D eigenvalue weighted by molar-refractivity contribution is 7.91. The molecule has 198 valence electrons. The number of carbonyl (C=O) groups excluding carboxylic acids is 1. The van der Waals surface area contributed by atoms with E-state index in [1.807, 2.05) is 13.8 Å². The van der Waals surface area contributed by atoms with Gasteiger partial charge in [0.2, 0.25) is 0 Å². The van der Waals surface area contributed by atoms with E-state index in [0.29, 0.717) is 17.7 Å². The summed E-state index contributed by atoms with van der Waals surface area (Å²) in [5.41, 5.74) is 1.87. The minimum Gasteiger partial charge on any atom is -0.394 e. The van der Waals surface area contributed by atoms with Crippen molar-refractivity contribution in [2.75, 3.05) is 12.4 Å². The average Bonchev–Trinajstić information content (AvgIpc) is 2.89. The normalized spacial score (nSPS) is 13.4. The Bertz CT molecular complexity index is 1310. The van der Waals surface area contributed by atoms with Crippen LogP contribution in [-0.4, -0.2) is 31.8 Å². The van der Waals surface area contributed by atoms with E-state index >= 15 is 4.39 Å². The van der Waals surface area contributed by atoms with E-state index in [2.05, 4.69) is 10.6 Å². The van der Waals surface area contributed by atoms with E-state index in [0.717, 1.165) is 11.6 Å². The molecule has 0 saturated carbocycles. The molecule has 0 aromatic heterocycles. The molecule has 3 N–H and O–H groups in total. The standard InChI is InChI=1S/C28H32F2N2O4S/c1-4-37(35,36)23-12-7-20(8-13-23)26(17-33)32-28(34)21-9-14-24(25(30)15-21)27(18(2)3)31-16-19-5-10-22(29)11-6-19/h5-15,18,26-27,31,33H,4,16-17H2,1-3H3,(H,32,34)/t26-,27?/m0/s1. The molecular formula is C28H32F2N2O4S. The van der Waals surface area contributed by atoms with Crippen LogP contribution in [0.5, 0.6) is 0 Å². The van der Waals surface area contributed by atoms with Crippen molar-refractivity contribution in [1.82, 2.24) is 10.6 Å². The molecule has 1 amide bonds. The molecule has 0 radical (unpaired) electrons. The number of benzene rings is 3. The van der Waals surface area contributed by atoms with Gasteiger partial charge in [0.1, 0.15) is 11.6 Å². The maximum Gasteiger partial charge on any atom is 0.251 e. The highest BCUT2D eigenvalue weighted by Crippen LogP contribution is 2.26. The maximum absolute atomic E-state index is 15.2. The molecule has 0 bridgehead atoms. The summed E-state index contributed by atoms with van der Waals surface area (Å²) in [4.78, 5) is 13.0. The van der Waals surface area contributed by atoms with Gasteiger partial charge in [-0.3, -0.25) is 4.79 Å². The lowest BCUT2D eigenvalue weighted by atomic mass is 9.94. The second-order valence-corrected chi connectivity index (χ2v) is 11.4. The Hall–Kier alpha value is -3.14. The van der Waals surface area contributed by atoms with Crippen LogP contribution < -0.4 is 10.6 Å². The van der Waals surface area contributed by atoms with Gasteiger partial charge in [0.25, 0.3) is 5.91 Å². The third-order valence-corrected chi connectivity index (χ3v) is 7.96. The number of aliphatic hydroxyl groups excluding tert-OH is 1. The first kappa shape index (κ1) is 28.4. The van der Waals surface area contributed by atoms with Gasteiger partial charge in [0.05, 0.1) is 23.3 Å². The number of aliphatic hydroxyl groups is 1. The number of sulfone groups is 1. The average molecular weight is 531 g/mol. The molecule has 0 spiro atoms. The van der Waals surface area contributed by atoms with Crippen molar-refractivity contribution in [3.63, 3.8) is 0 Å². The summed E-state index contributed by atoms with van der Waals surface area (Å²) in [6.45, 7) is 5.45. The number of hydrogen-bond donors (Lipinski definition) is 3. The lowest BCUT2D eigenvalue weighted by Crippen LogP contribution is -2.31. The van der Waals surface area contributed by atoms with E-state index in [9.17, 15) is 22.7 Å². The van der Waals surface area contributed by atoms with Crippen LogP contribution in [0.1, 0.15) is 59.9 Å². The van der Waals surface area contributed by atoms with Crippen molar-refractivity contribution >= 4 is 15.7 Å². The Balaban J connectivity index is 1.73. The van der Waals surface area contributed by atoms with E-state index in [4.69, 9.17) is 0 Å². The fraction of sp³-hybridized carbons (Fsp3) is 0.321. The van der Waals surface area contributed by atoms with Crippen molar-refractivity contribution in [3.05, 3.63) is 101 Å². The number of carbonyl (C=O) groups is 1. The molecule has 0 aliphatic rings. The van der Waals surface area contributed by atoms with Crippen molar-refractivity contribution in [3.8, 4) is 0 Å². The summed E-state index contributed by atoms with van der Waals surface area (Å²) in [7, 11) is -3.37. The zero-order chi connectivity index (χ0) is 27.2. The summed E-state index contributed by atoms with van der Waals surface area (Å²) in [6, 6.07) is 15.1. The van der Waals surface area contributed by atoms with E-state index in [-0.39, 0.29) is 34.0 Å². The molecule has 1 unspecified atom stereocenters. The Morgan fingerprint density at radius 3 is 2.16 bits per heavy atom. The van der Waals surface area contributed by atoms with Gasteiger partial charge in [-0.05, 0) is 53.4 Å². The SMILES string of the molecule is CCS(=O)(=O)c1ccc([C@H](CO)NC(=O)c2ccc(C(NCc3ccc(F)cc3)C(C)C)c(F)c2)cc1. The zero-order valence-electron chi connectivity index (χ0n) is 21.0. The van der Waals surface area contributed by atoms with Crippen molar-refractivity contribution in [2.24, 2.45) is 5.92 Å². The quantitative estimate of drug-likeness (QED) is 0.334. The fourth-order valence-corrected chi connectivity index (χ4v) is 4.89. The molecule has 0 aliphatic heterocycles. The molecule has 2 atom stereocenters. The summed E-state index contributed by atoms with van der Waals surface area (Å²) >= 11 is 0. The van der Waals surface area contributed by atoms with Crippen molar-refractivity contribution in [1.29, 1.82) is 0 Å². The Morgan fingerprint density at radius 1 is 0.973 bits per heavy atom. The third-order valence-electron chi connectivity index (χ3n) is 6.21.